The van der Waals surface area contributed by atoms with E-state index in [1.807, 2.05) is 19.1 Å². The van der Waals surface area contributed by atoms with Crippen molar-refractivity contribution in [1.29, 1.82) is 0 Å². The highest BCUT2D eigenvalue weighted by atomic mass is 32.2. The molecule has 1 N–H and O–H groups in total. The molecule has 1 aromatic carbocycles. The molecule has 130 valence electrons. The van der Waals surface area contributed by atoms with Crippen LogP contribution in [0.2, 0.25) is 0 Å². The monoisotopic (exact) mass is 348 g/mol. The molecule has 0 fully saturated rings. The Morgan fingerprint density at radius 3 is 2.71 bits per heavy atom. The predicted molar refractivity (Wildman–Crippen MR) is 94.6 cm³/mol. The second-order valence-electron chi connectivity index (χ2n) is 5.76. The van der Waals surface area contributed by atoms with E-state index in [1.165, 1.54) is 7.11 Å². The summed E-state index contributed by atoms with van der Waals surface area (Å²) in [6.45, 7) is 3.98. The standard InChI is InChI=1S/C18H24N2O3S/c1-4-5-8-16(15-7-6-11-19-13-15)20-24(21,22)18-10-9-14(2)12-17(18)23-3/h6-7,9-13,16,20H,4-5,8H2,1-3H3. The molecular formula is C18H24N2O3S. The summed E-state index contributed by atoms with van der Waals surface area (Å²) in [4.78, 5) is 4.26. The molecule has 1 aromatic heterocycles. The molecule has 0 radical (unpaired) electrons. The van der Waals surface area contributed by atoms with Gasteiger partial charge in [-0.15, -0.1) is 0 Å². The summed E-state index contributed by atoms with van der Waals surface area (Å²) in [6, 6.07) is 8.46. The molecule has 6 heteroatoms. The van der Waals surface area contributed by atoms with Gasteiger partial charge in [-0.3, -0.25) is 4.98 Å². The van der Waals surface area contributed by atoms with Crippen LogP contribution in [0.1, 0.15) is 43.4 Å². The fraction of sp³-hybridized carbons (Fsp3) is 0.389. The van der Waals surface area contributed by atoms with Gasteiger partial charge in [0.25, 0.3) is 0 Å². The quantitative estimate of drug-likeness (QED) is 0.791. The summed E-state index contributed by atoms with van der Waals surface area (Å²) >= 11 is 0. The molecule has 0 saturated carbocycles. The maximum atomic E-state index is 12.9. The number of sulfonamides is 1. The van der Waals surface area contributed by atoms with Crippen molar-refractivity contribution in [2.45, 2.75) is 44.0 Å². The minimum Gasteiger partial charge on any atom is -0.495 e. The van der Waals surface area contributed by atoms with Crippen LogP contribution in [0.25, 0.3) is 0 Å². The van der Waals surface area contributed by atoms with Crippen LogP contribution < -0.4 is 9.46 Å². The predicted octanol–water partition coefficient (Wildman–Crippen LogP) is 3.61. The van der Waals surface area contributed by atoms with E-state index >= 15 is 0 Å². The molecule has 1 atom stereocenters. The van der Waals surface area contributed by atoms with Crippen molar-refractivity contribution in [1.82, 2.24) is 9.71 Å². The van der Waals surface area contributed by atoms with Gasteiger partial charge in [0.1, 0.15) is 10.6 Å². The number of unbranched alkanes of at least 4 members (excludes halogenated alkanes) is 1. The van der Waals surface area contributed by atoms with Crippen LogP contribution in [0.4, 0.5) is 0 Å². The Labute approximate surface area is 144 Å². The highest BCUT2D eigenvalue weighted by Gasteiger charge is 2.24. The van der Waals surface area contributed by atoms with Gasteiger partial charge < -0.3 is 4.74 Å². The van der Waals surface area contributed by atoms with Gasteiger partial charge in [0, 0.05) is 18.4 Å². The average molecular weight is 348 g/mol. The van der Waals surface area contributed by atoms with Crippen LogP contribution in [-0.4, -0.2) is 20.5 Å². The van der Waals surface area contributed by atoms with Gasteiger partial charge in [0.05, 0.1) is 7.11 Å². The van der Waals surface area contributed by atoms with Crippen molar-refractivity contribution < 1.29 is 13.2 Å². The largest absolute Gasteiger partial charge is 0.495 e. The minimum atomic E-state index is -3.70. The Balaban J connectivity index is 2.33. The van der Waals surface area contributed by atoms with E-state index in [0.29, 0.717) is 5.75 Å². The molecule has 5 nitrogen and oxygen atoms in total. The summed E-state index contributed by atoms with van der Waals surface area (Å²) in [6.07, 6.45) is 6.02. The van der Waals surface area contributed by atoms with Crippen molar-refractivity contribution in [2.24, 2.45) is 0 Å². The van der Waals surface area contributed by atoms with Crippen LogP contribution in [0.5, 0.6) is 5.75 Å². The molecule has 0 aliphatic heterocycles. The molecular weight excluding hydrogens is 324 g/mol. The first-order valence-electron chi connectivity index (χ1n) is 8.05. The molecule has 0 aliphatic rings. The number of nitrogens with one attached hydrogen (secondary N) is 1. The highest BCUT2D eigenvalue weighted by molar-refractivity contribution is 7.89. The van der Waals surface area contributed by atoms with E-state index in [1.54, 1.807) is 30.6 Å². The number of hydrogen-bond donors (Lipinski definition) is 1. The van der Waals surface area contributed by atoms with Crippen LogP contribution in [0, 0.1) is 6.92 Å². The minimum absolute atomic E-state index is 0.154. The summed E-state index contributed by atoms with van der Waals surface area (Å²) in [7, 11) is -2.22. The van der Waals surface area contributed by atoms with Crippen LogP contribution in [0.15, 0.2) is 47.6 Å². The van der Waals surface area contributed by atoms with Gasteiger partial charge in [-0.05, 0) is 42.7 Å². The van der Waals surface area contributed by atoms with Crippen molar-refractivity contribution >= 4 is 10.0 Å². The summed E-state index contributed by atoms with van der Waals surface area (Å²) in [5.41, 5.74) is 1.81. The first-order valence-corrected chi connectivity index (χ1v) is 9.53. The molecule has 0 bridgehead atoms. The van der Waals surface area contributed by atoms with Gasteiger partial charge >= 0.3 is 0 Å². The van der Waals surface area contributed by atoms with E-state index in [9.17, 15) is 8.42 Å². The number of benzene rings is 1. The van der Waals surface area contributed by atoms with E-state index in [4.69, 9.17) is 4.74 Å². The third-order valence-electron chi connectivity index (χ3n) is 3.84. The Hall–Kier alpha value is -1.92. The average Bonchev–Trinajstić information content (AvgIpc) is 2.58. The number of nitrogens with zero attached hydrogens (tertiary/aromatic N) is 1. The number of aromatic nitrogens is 1. The molecule has 2 aromatic rings. The maximum absolute atomic E-state index is 12.9. The van der Waals surface area contributed by atoms with Crippen molar-refractivity contribution in [3.05, 3.63) is 53.9 Å². The number of methoxy groups -OCH3 is 1. The van der Waals surface area contributed by atoms with Gasteiger partial charge in [0.2, 0.25) is 10.0 Å². The highest BCUT2D eigenvalue weighted by Crippen LogP contribution is 2.27. The summed E-state index contributed by atoms with van der Waals surface area (Å²) in [5.74, 6) is 0.350. The molecule has 2 rings (SSSR count). The molecule has 24 heavy (non-hydrogen) atoms. The van der Waals surface area contributed by atoms with E-state index in [0.717, 1.165) is 30.4 Å². The van der Waals surface area contributed by atoms with Crippen molar-refractivity contribution in [2.75, 3.05) is 7.11 Å². The second kappa shape index (κ2) is 8.26. The fourth-order valence-corrected chi connectivity index (χ4v) is 3.94. The third kappa shape index (κ3) is 4.55. The van der Waals surface area contributed by atoms with Gasteiger partial charge in [0.15, 0.2) is 0 Å². The SMILES string of the molecule is CCCCC(NS(=O)(=O)c1ccc(C)cc1OC)c1cccnc1. The van der Waals surface area contributed by atoms with Crippen molar-refractivity contribution in [3.63, 3.8) is 0 Å². The van der Waals surface area contributed by atoms with Gasteiger partial charge in [-0.1, -0.05) is 31.9 Å². The zero-order valence-electron chi connectivity index (χ0n) is 14.3. The lowest BCUT2D eigenvalue weighted by Gasteiger charge is -2.20. The molecule has 0 aliphatic carbocycles. The number of aryl methyl sites for hydroxylation is 1. The van der Waals surface area contributed by atoms with Crippen LogP contribution >= 0.6 is 0 Å². The summed E-state index contributed by atoms with van der Waals surface area (Å²) < 4.78 is 33.8. The molecule has 1 heterocycles. The first-order chi connectivity index (χ1) is 11.5. The van der Waals surface area contributed by atoms with Crippen molar-refractivity contribution in [3.8, 4) is 5.75 Å². The summed E-state index contributed by atoms with van der Waals surface area (Å²) in [5, 5.41) is 0. The number of ether oxygens (including phenoxy) is 1. The van der Waals surface area contributed by atoms with Crippen LogP contribution in [-0.2, 0) is 10.0 Å². The molecule has 0 amide bonds. The van der Waals surface area contributed by atoms with E-state index in [2.05, 4.69) is 16.6 Å². The number of hydrogen-bond acceptors (Lipinski definition) is 4. The second-order valence-corrected chi connectivity index (χ2v) is 7.44. The molecule has 0 saturated heterocycles. The smallest absolute Gasteiger partial charge is 0.244 e. The third-order valence-corrected chi connectivity index (χ3v) is 5.35. The zero-order valence-corrected chi connectivity index (χ0v) is 15.1. The lowest BCUT2D eigenvalue weighted by atomic mass is 10.0. The Bertz CT molecular complexity index is 761. The number of pyridine rings is 1. The van der Waals surface area contributed by atoms with E-state index < -0.39 is 10.0 Å². The molecule has 1 unspecified atom stereocenters. The Morgan fingerprint density at radius 2 is 2.08 bits per heavy atom. The zero-order chi connectivity index (χ0) is 17.6. The topological polar surface area (TPSA) is 68.3 Å². The van der Waals surface area contributed by atoms with E-state index in [-0.39, 0.29) is 10.9 Å². The van der Waals surface area contributed by atoms with Gasteiger partial charge in [-0.25, -0.2) is 13.1 Å². The lowest BCUT2D eigenvalue weighted by Crippen LogP contribution is -2.29. The molecule has 0 spiro atoms. The Morgan fingerprint density at radius 1 is 1.29 bits per heavy atom. The van der Waals surface area contributed by atoms with Crippen LogP contribution in [0.3, 0.4) is 0 Å². The fourth-order valence-electron chi connectivity index (χ4n) is 2.53. The maximum Gasteiger partial charge on any atom is 0.244 e. The Kier molecular flexibility index (Phi) is 6.34. The first kappa shape index (κ1) is 18.4. The van der Waals surface area contributed by atoms with Gasteiger partial charge in [-0.2, -0.15) is 0 Å². The number of rotatable bonds is 8. The lowest BCUT2D eigenvalue weighted by molar-refractivity contribution is 0.401. The normalized spacial score (nSPS) is 12.8.